The Balaban J connectivity index is 1.48. The molecule has 0 aliphatic heterocycles. The van der Waals surface area contributed by atoms with Crippen molar-refractivity contribution in [1.29, 1.82) is 0 Å². The summed E-state index contributed by atoms with van der Waals surface area (Å²) in [6.07, 6.45) is 9.65. The first-order chi connectivity index (χ1) is 13.6. The summed E-state index contributed by atoms with van der Waals surface area (Å²) in [6.45, 7) is 4.34. The molecule has 1 aliphatic carbocycles. The molecular formula is C23H33N3O2. The van der Waals surface area contributed by atoms with E-state index in [-0.39, 0.29) is 23.7 Å². The number of aromatic nitrogens is 2. The van der Waals surface area contributed by atoms with E-state index < -0.39 is 0 Å². The topological polar surface area (TPSA) is 64.0 Å². The Morgan fingerprint density at radius 2 is 1.89 bits per heavy atom. The van der Waals surface area contributed by atoms with Crippen molar-refractivity contribution in [3.8, 4) is 0 Å². The molecule has 0 bridgehead atoms. The SMILES string of the molecule is CC(=O)C(C)n1c(CCCCCNC(=O)C2CCCCC2)nc2ccccc21. The number of hydrogen-bond acceptors (Lipinski definition) is 3. The van der Waals surface area contributed by atoms with Crippen LogP contribution in [-0.2, 0) is 16.0 Å². The van der Waals surface area contributed by atoms with Gasteiger partial charge in [-0.2, -0.15) is 0 Å². The van der Waals surface area contributed by atoms with Crippen LogP contribution in [0.5, 0.6) is 0 Å². The summed E-state index contributed by atoms with van der Waals surface area (Å²) in [5, 5.41) is 3.11. The minimum Gasteiger partial charge on any atom is -0.356 e. The van der Waals surface area contributed by atoms with Crippen molar-refractivity contribution < 1.29 is 9.59 Å². The van der Waals surface area contributed by atoms with Gasteiger partial charge in [0.1, 0.15) is 5.82 Å². The highest BCUT2D eigenvalue weighted by molar-refractivity contribution is 5.83. The highest BCUT2D eigenvalue weighted by Crippen LogP contribution is 2.24. The Hall–Kier alpha value is -2.17. The quantitative estimate of drug-likeness (QED) is 0.644. The van der Waals surface area contributed by atoms with Gasteiger partial charge in [-0.3, -0.25) is 9.59 Å². The molecule has 152 valence electrons. The number of carbonyl (C=O) groups excluding carboxylic acids is 2. The van der Waals surface area contributed by atoms with Gasteiger partial charge < -0.3 is 9.88 Å². The Bertz CT molecular complexity index is 805. The fourth-order valence-corrected chi connectivity index (χ4v) is 4.19. The third-order valence-electron chi connectivity index (χ3n) is 6.00. The maximum atomic E-state index is 12.2. The van der Waals surface area contributed by atoms with Gasteiger partial charge in [-0.15, -0.1) is 0 Å². The molecule has 2 aromatic rings. The van der Waals surface area contributed by atoms with Gasteiger partial charge in [0.05, 0.1) is 17.1 Å². The van der Waals surface area contributed by atoms with Crippen molar-refractivity contribution in [3.05, 3.63) is 30.1 Å². The second-order valence-electron chi connectivity index (χ2n) is 8.11. The van der Waals surface area contributed by atoms with Crippen LogP contribution in [0.2, 0.25) is 0 Å². The van der Waals surface area contributed by atoms with Crippen molar-refractivity contribution >= 4 is 22.7 Å². The number of rotatable bonds is 9. The number of hydrogen-bond donors (Lipinski definition) is 1. The van der Waals surface area contributed by atoms with E-state index in [0.717, 1.165) is 61.9 Å². The minimum absolute atomic E-state index is 0.148. The number of benzene rings is 1. The zero-order chi connectivity index (χ0) is 19.9. The zero-order valence-corrected chi connectivity index (χ0v) is 17.2. The molecule has 0 saturated heterocycles. The number of amides is 1. The molecule has 1 aromatic heterocycles. The standard InChI is InChI=1S/C23H33N3O2/c1-17(18(2)27)26-21-14-9-8-13-20(21)25-22(26)15-7-4-10-16-24-23(28)19-11-5-3-6-12-19/h8-9,13-14,17,19H,3-7,10-12,15-16H2,1-2H3,(H,24,28). The number of fused-ring (bicyclic) bond motifs is 1. The lowest BCUT2D eigenvalue weighted by Crippen LogP contribution is -2.32. The molecule has 1 unspecified atom stereocenters. The fraction of sp³-hybridized carbons (Fsp3) is 0.609. The molecule has 5 nitrogen and oxygen atoms in total. The third-order valence-corrected chi connectivity index (χ3v) is 6.00. The molecule has 1 amide bonds. The first-order valence-electron chi connectivity index (χ1n) is 10.8. The Labute approximate surface area is 167 Å². The average molecular weight is 384 g/mol. The van der Waals surface area contributed by atoms with Crippen LogP contribution in [0.3, 0.4) is 0 Å². The summed E-state index contributed by atoms with van der Waals surface area (Å²) < 4.78 is 2.09. The molecule has 0 radical (unpaired) electrons. The van der Waals surface area contributed by atoms with Gasteiger partial charge in [0, 0.05) is 18.9 Å². The van der Waals surface area contributed by atoms with Crippen molar-refractivity contribution in [2.45, 2.75) is 77.7 Å². The molecule has 1 heterocycles. The normalized spacial score (nSPS) is 16.2. The Kier molecular flexibility index (Phi) is 7.24. The number of Topliss-reactive ketones (excluding diaryl/α,β-unsaturated/α-hetero) is 1. The molecule has 28 heavy (non-hydrogen) atoms. The highest BCUT2D eigenvalue weighted by Gasteiger charge is 2.20. The molecule has 1 N–H and O–H groups in total. The van der Waals surface area contributed by atoms with E-state index >= 15 is 0 Å². The van der Waals surface area contributed by atoms with Gasteiger partial charge >= 0.3 is 0 Å². The smallest absolute Gasteiger partial charge is 0.223 e. The fourth-order valence-electron chi connectivity index (χ4n) is 4.19. The van der Waals surface area contributed by atoms with Crippen molar-refractivity contribution in [3.63, 3.8) is 0 Å². The maximum Gasteiger partial charge on any atom is 0.223 e. The van der Waals surface area contributed by atoms with E-state index in [0.29, 0.717) is 0 Å². The molecule has 5 heteroatoms. The lowest BCUT2D eigenvalue weighted by Gasteiger charge is -2.20. The highest BCUT2D eigenvalue weighted by atomic mass is 16.2. The number of imidazole rings is 1. The predicted molar refractivity (Wildman–Crippen MR) is 112 cm³/mol. The van der Waals surface area contributed by atoms with Crippen LogP contribution in [0.15, 0.2) is 24.3 Å². The molecule has 1 aliphatic rings. The Morgan fingerprint density at radius 1 is 1.14 bits per heavy atom. The van der Waals surface area contributed by atoms with E-state index in [1.54, 1.807) is 6.92 Å². The Morgan fingerprint density at radius 3 is 2.64 bits per heavy atom. The van der Waals surface area contributed by atoms with Crippen molar-refractivity contribution in [2.24, 2.45) is 5.92 Å². The van der Waals surface area contributed by atoms with E-state index in [2.05, 4.69) is 9.88 Å². The first kappa shape index (κ1) is 20.6. The second kappa shape index (κ2) is 9.85. The van der Waals surface area contributed by atoms with E-state index in [1.165, 1.54) is 19.3 Å². The number of aryl methyl sites for hydroxylation is 1. The summed E-state index contributed by atoms with van der Waals surface area (Å²) in [5.41, 5.74) is 1.98. The van der Waals surface area contributed by atoms with Gasteiger partial charge in [-0.25, -0.2) is 4.98 Å². The third kappa shape index (κ3) is 5.00. The summed E-state index contributed by atoms with van der Waals surface area (Å²) in [6, 6.07) is 7.81. The maximum absolute atomic E-state index is 12.2. The van der Waals surface area contributed by atoms with Crippen LogP contribution < -0.4 is 5.32 Å². The minimum atomic E-state index is -0.197. The molecule has 3 rings (SSSR count). The molecule has 1 atom stereocenters. The number of nitrogens with one attached hydrogen (secondary N) is 1. The average Bonchev–Trinajstić information content (AvgIpc) is 3.08. The van der Waals surface area contributed by atoms with Crippen LogP contribution in [-0.4, -0.2) is 27.8 Å². The summed E-state index contributed by atoms with van der Waals surface area (Å²) in [7, 11) is 0. The molecular weight excluding hydrogens is 350 g/mol. The monoisotopic (exact) mass is 383 g/mol. The lowest BCUT2D eigenvalue weighted by molar-refractivity contribution is -0.126. The second-order valence-corrected chi connectivity index (χ2v) is 8.11. The van der Waals surface area contributed by atoms with Crippen LogP contribution in [0.1, 0.15) is 77.1 Å². The molecule has 1 saturated carbocycles. The van der Waals surface area contributed by atoms with E-state index in [4.69, 9.17) is 4.98 Å². The number of nitrogens with zero attached hydrogens (tertiary/aromatic N) is 2. The van der Waals surface area contributed by atoms with Crippen LogP contribution in [0, 0.1) is 5.92 Å². The summed E-state index contributed by atoms with van der Waals surface area (Å²) >= 11 is 0. The van der Waals surface area contributed by atoms with E-state index in [1.807, 2.05) is 31.2 Å². The number of unbranched alkanes of at least 4 members (excludes halogenated alkanes) is 2. The van der Waals surface area contributed by atoms with Crippen LogP contribution in [0.25, 0.3) is 11.0 Å². The van der Waals surface area contributed by atoms with Gasteiger partial charge in [0.2, 0.25) is 5.91 Å². The predicted octanol–water partition coefficient (Wildman–Crippen LogP) is 4.60. The molecule has 1 fully saturated rings. The van der Waals surface area contributed by atoms with E-state index in [9.17, 15) is 9.59 Å². The molecule has 1 aromatic carbocycles. The number of ketones is 1. The van der Waals surface area contributed by atoms with Gasteiger partial charge in [0.25, 0.3) is 0 Å². The number of para-hydroxylation sites is 2. The van der Waals surface area contributed by atoms with Crippen molar-refractivity contribution in [2.75, 3.05) is 6.54 Å². The number of carbonyl (C=O) groups is 2. The van der Waals surface area contributed by atoms with Gasteiger partial charge in [-0.1, -0.05) is 37.8 Å². The largest absolute Gasteiger partial charge is 0.356 e. The van der Waals surface area contributed by atoms with Crippen LogP contribution >= 0.6 is 0 Å². The van der Waals surface area contributed by atoms with Gasteiger partial charge in [0.15, 0.2) is 5.78 Å². The van der Waals surface area contributed by atoms with Gasteiger partial charge in [-0.05, 0) is 51.7 Å². The zero-order valence-electron chi connectivity index (χ0n) is 17.2. The first-order valence-corrected chi connectivity index (χ1v) is 10.8. The molecule has 0 spiro atoms. The lowest BCUT2D eigenvalue weighted by atomic mass is 9.89. The van der Waals surface area contributed by atoms with Crippen LogP contribution in [0.4, 0.5) is 0 Å². The summed E-state index contributed by atoms with van der Waals surface area (Å²) in [5.74, 6) is 1.61. The van der Waals surface area contributed by atoms with Crippen molar-refractivity contribution in [1.82, 2.24) is 14.9 Å². The summed E-state index contributed by atoms with van der Waals surface area (Å²) in [4.78, 5) is 28.9.